The minimum atomic E-state index is -1.28. The smallest absolute Gasteiger partial charge is 0.226 e. The Labute approximate surface area is 179 Å². The highest BCUT2D eigenvalue weighted by Crippen LogP contribution is 2.26. The van der Waals surface area contributed by atoms with Gasteiger partial charge in [0, 0.05) is 21.6 Å². The molecule has 0 aliphatic heterocycles. The maximum absolute atomic E-state index is 14.6. The number of halogens is 4. The topological polar surface area (TPSA) is 56.3 Å². The standard InChI is InChI=1S/C24H8F4N4/c1-31-21(11-29)17-9-16(14-6-4-8-20(26)24(14)28)18(22(12-30)32-2)10-15(17)13-5-3-7-19(25)23(13)27/h3-10H/b21-17-,22-18+. The fraction of sp³-hybridized carbons (Fsp3) is 0. The lowest BCUT2D eigenvalue weighted by molar-refractivity contribution is 0.511. The molecule has 0 N–H and O–H groups in total. The Morgan fingerprint density at radius 2 is 1.03 bits per heavy atom. The van der Waals surface area contributed by atoms with Gasteiger partial charge in [-0.25, -0.2) is 37.8 Å². The first-order valence-electron chi connectivity index (χ1n) is 8.74. The van der Waals surface area contributed by atoms with Gasteiger partial charge in [0.1, 0.15) is 0 Å². The highest BCUT2D eigenvalue weighted by atomic mass is 19.2. The second kappa shape index (κ2) is 8.84. The molecule has 3 rings (SSSR count). The van der Waals surface area contributed by atoms with E-state index >= 15 is 0 Å². The third-order valence-corrected chi connectivity index (χ3v) is 4.59. The molecule has 0 saturated heterocycles. The summed E-state index contributed by atoms with van der Waals surface area (Å²) in [6, 6.07) is 12.0. The van der Waals surface area contributed by atoms with Crippen LogP contribution in [0.3, 0.4) is 0 Å². The lowest BCUT2D eigenvalue weighted by Gasteiger charge is -2.12. The maximum atomic E-state index is 14.6. The van der Waals surface area contributed by atoms with Crippen molar-refractivity contribution in [1.29, 1.82) is 10.5 Å². The number of rotatable bonds is 2. The predicted molar refractivity (Wildman–Crippen MR) is 108 cm³/mol. The van der Waals surface area contributed by atoms with Crippen LogP contribution >= 0.6 is 0 Å². The van der Waals surface area contributed by atoms with Crippen LogP contribution in [-0.2, 0) is 0 Å². The Bertz CT molecular complexity index is 1410. The second-order valence-electron chi connectivity index (χ2n) is 6.29. The molecule has 0 aromatic heterocycles. The highest BCUT2D eigenvalue weighted by molar-refractivity contribution is 5.82. The van der Waals surface area contributed by atoms with Crippen molar-refractivity contribution in [2.75, 3.05) is 0 Å². The van der Waals surface area contributed by atoms with Gasteiger partial charge in [-0.3, -0.25) is 0 Å². The molecule has 0 amide bonds. The Morgan fingerprint density at radius 1 is 0.656 bits per heavy atom. The average molecular weight is 428 g/mol. The van der Waals surface area contributed by atoms with Gasteiger partial charge in [0.2, 0.25) is 0 Å². The van der Waals surface area contributed by atoms with Gasteiger partial charge in [0.15, 0.2) is 23.3 Å². The van der Waals surface area contributed by atoms with E-state index in [4.69, 9.17) is 13.1 Å². The molecule has 0 aliphatic carbocycles. The summed E-state index contributed by atoms with van der Waals surface area (Å²) in [5.74, 6) is -4.97. The number of hydrogen-bond donors (Lipinski definition) is 0. The molecule has 0 atom stereocenters. The zero-order valence-electron chi connectivity index (χ0n) is 15.9. The molecule has 0 radical (unpaired) electrons. The summed E-state index contributed by atoms with van der Waals surface area (Å²) in [4.78, 5) is 6.19. The Balaban J connectivity index is 2.69. The molecule has 0 heterocycles. The summed E-state index contributed by atoms with van der Waals surface area (Å²) >= 11 is 0. The van der Waals surface area contributed by atoms with Crippen LogP contribution in [0.4, 0.5) is 17.6 Å². The van der Waals surface area contributed by atoms with Crippen LogP contribution in [0.1, 0.15) is 0 Å². The van der Waals surface area contributed by atoms with E-state index in [9.17, 15) is 28.1 Å². The molecule has 4 nitrogen and oxygen atoms in total. The summed E-state index contributed by atoms with van der Waals surface area (Å²) in [7, 11) is 0. The molecule has 0 fully saturated rings. The van der Waals surface area contributed by atoms with Crippen molar-refractivity contribution in [2.45, 2.75) is 0 Å². The lowest BCUT2D eigenvalue weighted by Crippen LogP contribution is -2.20. The van der Waals surface area contributed by atoms with Crippen LogP contribution in [0.2, 0.25) is 0 Å². The van der Waals surface area contributed by atoms with Crippen molar-refractivity contribution < 1.29 is 17.6 Å². The van der Waals surface area contributed by atoms with Crippen LogP contribution in [0.25, 0.3) is 43.3 Å². The molecule has 8 heteroatoms. The maximum Gasteiger partial charge on any atom is 0.269 e. The first kappa shape index (κ1) is 21.8. The van der Waals surface area contributed by atoms with Crippen molar-refractivity contribution in [1.82, 2.24) is 0 Å². The van der Waals surface area contributed by atoms with E-state index in [0.29, 0.717) is 0 Å². The predicted octanol–water partition coefficient (Wildman–Crippen LogP) is 4.68. The molecular formula is C24H8F4N4. The van der Waals surface area contributed by atoms with Crippen LogP contribution in [-0.4, -0.2) is 0 Å². The van der Waals surface area contributed by atoms with E-state index in [2.05, 4.69) is 9.69 Å². The fourth-order valence-electron chi connectivity index (χ4n) is 3.15. The second-order valence-corrected chi connectivity index (χ2v) is 6.29. The molecule has 0 aliphatic rings. The SMILES string of the molecule is [C-]#[N+]/C(C#N)=c1/cc(-c2cccc(F)c2F)/c(=C(\C#N)[N+]#[C-])cc1-c1cccc(F)c1F. The average Bonchev–Trinajstić information content (AvgIpc) is 2.80. The Morgan fingerprint density at radius 3 is 1.34 bits per heavy atom. The first-order valence-corrected chi connectivity index (χ1v) is 8.74. The molecule has 3 aromatic carbocycles. The van der Waals surface area contributed by atoms with Crippen molar-refractivity contribution >= 4 is 11.4 Å². The number of benzene rings is 3. The van der Waals surface area contributed by atoms with Crippen LogP contribution in [0, 0.1) is 59.1 Å². The van der Waals surface area contributed by atoms with Gasteiger partial charge in [-0.1, -0.05) is 36.4 Å². The molecule has 32 heavy (non-hydrogen) atoms. The van der Waals surface area contributed by atoms with Crippen molar-refractivity contribution in [2.24, 2.45) is 0 Å². The number of nitrogens with zero attached hydrogens (tertiary/aromatic N) is 4. The molecule has 0 bridgehead atoms. The summed E-state index contributed by atoms with van der Waals surface area (Å²) in [6.45, 7) is 14.5. The molecule has 0 unspecified atom stereocenters. The molecule has 0 saturated carbocycles. The zero-order valence-corrected chi connectivity index (χ0v) is 15.9. The lowest BCUT2D eigenvalue weighted by atomic mass is 9.93. The Kier molecular flexibility index (Phi) is 6.02. The largest absolute Gasteiger partial charge is 0.269 e. The summed E-state index contributed by atoms with van der Waals surface area (Å²) in [5.41, 5.74) is -2.08. The van der Waals surface area contributed by atoms with Gasteiger partial charge >= 0.3 is 0 Å². The van der Waals surface area contributed by atoms with Gasteiger partial charge in [0.05, 0.1) is 25.3 Å². The molecule has 0 spiro atoms. The van der Waals surface area contributed by atoms with E-state index in [0.717, 1.165) is 24.3 Å². The van der Waals surface area contributed by atoms with E-state index in [-0.39, 0.29) is 32.7 Å². The summed E-state index contributed by atoms with van der Waals surface area (Å²) in [5, 5.41) is 18.4. The molecule has 152 valence electrons. The van der Waals surface area contributed by atoms with Crippen LogP contribution in [0.5, 0.6) is 0 Å². The van der Waals surface area contributed by atoms with Crippen molar-refractivity contribution in [3.63, 3.8) is 0 Å². The van der Waals surface area contributed by atoms with Crippen LogP contribution < -0.4 is 10.4 Å². The van der Waals surface area contributed by atoms with E-state index < -0.39 is 34.7 Å². The van der Waals surface area contributed by atoms with E-state index in [1.54, 1.807) is 12.1 Å². The highest BCUT2D eigenvalue weighted by Gasteiger charge is 2.18. The monoisotopic (exact) mass is 428 g/mol. The minimum Gasteiger partial charge on any atom is -0.226 e. The van der Waals surface area contributed by atoms with Gasteiger partial charge in [-0.2, -0.15) is 0 Å². The molecular weight excluding hydrogens is 420 g/mol. The third-order valence-electron chi connectivity index (χ3n) is 4.59. The van der Waals surface area contributed by atoms with E-state index in [1.807, 2.05) is 0 Å². The first-order chi connectivity index (χ1) is 15.4. The normalized spacial score (nSPS) is 12.0. The van der Waals surface area contributed by atoms with Gasteiger partial charge in [-0.15, -0.1) is 0 Å². The van der Waals surface area contributed by atoms with Crippen molar-refractivity contribution in [3.8, 4) is 34.4 Å². The Hall–Kier alpha value is -4.92. The van der Waals surface area contributed by atoms with Crippen molar-refractivity contribution in [3.05, 3.63) is 105 Å². The van der Waals surface area contributed by atoms with Gasteiger partial charge in [0.25, 0.3) is 11.4 Å². The fourth-order valence-corrected chi connectivity index (χ4v) is 3.15. The quantitative estimate of drug-likeness (QED) is 0.440. The third kappa shape index (κ3) is 3.65. The zero-order chi connectivity index (χ0) is 23.4. The van der Waals surface area contributed by atoms with E-state index in [1.165, 1.54) is 24.3 Å². The number of nitriles is 2. The van der Waals surface area contributed by atoms with Gasteiger partial charge in [-0.05, 0) is 23.3 Å². The summed E-state index contributed by atoms with van der Waals surface area (Å²) < 4.78 is 57.0. The minimum absolute atomic E-state index is 0.165. The molecule has 3 aromatic rings. The number of hydrogen-bond acceptors (Lipinski definition) is 2. The van der Waals surface area contributed by atoms with Gasteiger partial charge < -0.3 is 0 Å². The summed E-state index contributed by atoms with van der Waals surface area (Å²) in [6.07, 6.45) is 0. The van der Waals surface area contributed by atoms with Crippen LogP contribution in [0.15, 0.2) is 48.5 Å².